The van der Waals surface area contributed by atoms with Crippen LogP contribution in [0, 0.1) is 21.8 Å². The Morgan fingerprint density at radius 1 is 1.08 bits per heavy atom. The number of urea groups is 1. The standard InChI is InChI=1S/C24H24FN5O7/c25-16-4-2-5-17(12-16)26-24(35)29-10-9-28(23(34)14-7-8-14)22(29)21(33)27-19(13-20(31)32)15-3-1-6-18(11-15)30(36)37/h1-6,11-12,14,19,22H,7-10,13H2,(H,26,35)(H,27,33)(H,31,32). The molecule has 194 valence electrons. The van der Waals surface area contributed by atoms with Crippen LogP contribution in [0.2, 0.25) is 0 Å². The van der Waals surface area contributed by atoms with Gasteiger partial charge in [0.15, 0.2) is 6.17 Å². The molecule has 2 unspecified atom stereocenters. The van der Waals surface area contributed by atoms with Gasteiger partial charge in [-0.25, -0.2) is 9.18 Å². The number of anilines is 1. The molecule has 0 radical (unpaired) electrons. The van der Waals surface area contributed by atoms with Crippen molar-refractivity contribution in [1.82, 2.24) is 15.1 Å². The van der Waals surface area contributed by atoms with Crippen molar-refractivity contribution in [3.05, 3.63) is 70.0 Å². The van der Waals surface area contributed by atoms with Gasteiger partial charge in [-0.2, -0.15) is 0 Å². The number of amides is 4. The molecular weight excluding hydrogens is 489 g/mol. The van der Waals surface area contributed by atoms with E-state index < -0.39 is 47.3 Å². The van der Waals surface area contributed by atoms with Crippen LogP contribution in [0.5, 0.6) is 0 Å². The number of hydrogen-bond donors (Lipinski definition) is 3. The second kappa shape index (κ2) is 10.6. The summed E-state index contributed by atoms with van der Waals surface area (Å²) in [7, 11) is 0. The first kappa shape index (κ1) is 25.5. The highest BCUT2D eigenvalue weighted by atomic mass is 19.1. The zero-order valence-corrected chi connectivity index (χ0v) is 19.5. The largest absolute Gasteiger partial charge is 0.481 e. The number of nitro benzene ring substituents is 1. The summed E-state index contributed by atoms with van der Waals surface area (Å²) in [5, 5.41) is 25.7. The van der Waals surface area contributed by atoms with E-state index in [1.54, 1.807) is 0 Å². The molecule has 0 aromatic heterocycles. The summed E-state index contributed by atoms with van der Waals surface area (Å²) in [5.41, 5.74) is 0.0416. The summed E-state index contributed by atoms with van der Waals surface area (Å²) in [6.07, 6.45) is -0.661. The van der Waals surface area contributed by atoms with Crippen molar-refractivity contribution in [3.8, 4) is 0 Å². The molecular formula is C24H24FN5O7. The van der Waals surface area contributed by atoms with Crippen LogP contribution >= 0.6 is 0 Å². The van der Waals surface area contributed by atoms with E-state index in [0.717, 1.165) is 17.0 Å². The zero-order chi connectivity index (χ0) is 26.7. The highest BCUT2D eigenvalue weighted by Gasteiger charge is 2.47. The SMILES string of the molecule is O=C(O)CC(NC(=O)C1N(C(=O)Nc2cccc(F)c2)CCN1C(=O)C1CC1)c1cccc([N+](=O)[O-])c1. The van der Waals surface area contributed by atoms with Crippen molar-refractivity contribution in [2.75, 3.05) is 18.4 Å². The Morgan fingerprint density at radius 3 is 2.43 bits per heavy atom. The molecule has 4 amide bonds. The zero-order valence-electron chi connectivity index (χ0n) is 19.5. The van der Waals surface area contributed by atoms with Gasteiger partial charge in [0.25, 0.3) is 11.6 Å². The number of carbonyl (C=O) groups excluding carboxylic acids is 3. The number of carboxylic acids is 1. The van der Waals surface area contributed by atoms with Gasteiger partial charge in [0.2, 0.25) is 5.91 Å². The van der Waals surface area contributed by atoms with Crippen LogP contribution < -0.4 is 10.6 Å². The van der Waals surface area contributed by atoms with Crippen molar-refractivity contribution < 1.29 is 33.6 Å². The number of nitrogens with zero attached hydrogens (tertiary/aromatic N) is 3. The molecule has 37 heavy (non-hydrogen) atoms. The molecule has 1 saturated heterocycles. The van der Waals surface area contributed by atoms with Crippen LogP contribution in [-0.4, -0.2) is 62.9 Å². The fourth-order valence-corrected chi connectivity index (χ4v) is 4.21. The molecule has 1 saturated carbocycles. The second-order valence-electron chi connectivity index (χ2n) is 8.82. The molecule has 2 aliphatic rings. The normalized spacial score (nSPS) is 17.7. The molecule has 4 rings (SSSR count). The predicted octanol–water partition coefficient (Wildman–Crippen LogP) is 2.48. The monoisotopic (exact) mass is 513 g/mol. The van der Waals surface area contributed by atoms with Crippen LogP contribution in [0.4, 0.5) is 20.6 Å². The molecule has 2 atom stereocenters. The first-order chi connectivity index (χ1) is 17.6. The van der Waals surface area contributed by atoms with Crippen LogP contribution in [0.1, 0.15) is 30.9 Å². The summed E-state index contributed by atoms with van der Waals surface area (Å²) in [6, 6.07) is 8.44. The van der Waals surface area contributed by atoms with Gasteiger partial charge in [-0.15, -0.1) is 0 Å². The van der Waals surface area contributed by atoms with E-state index in [0.29, 0.717) is 12.8 Å². The van der Waals surface area contributed by atoms with Crippen molar-refractivity contribution in [2.45, 2.75) is 31.5 Å². The van der Waals surface area contributed by atoms with E-state index in [-0.39, 0.29) is 41.9 Å². The summed E-state index contributed by atoms with van der Waals surface area (Å²) in [4.78, 5) is 63.9. The van der Waals surface area contributed by atoms with Gasteiger partial charge in [-0.3, -0.25) is 29.4 Å². The van der Waals surface area contributed by atoms with E-state index in [1.807, 2.05) is 0 Å². The first-order valence-corrected chi connectivity index (χ1v) is 11.5. The number of carbonyl (C=O) groups is 4. The summed E-state index contributed by atoms with van der Waals surface area (Å²) >= 11 is 0. The van der Waals surface area contributed by atoms with Gasteiger partial charge >= 0.3 is 12.0 Å². The van der Waals surface area contributed by atoms with Gasteiger partial charge in [0, 0.05) is 36.8 Å². The van der Waals surface area contributed by atoms with Gasteiger partial charge < -0.3 is 20.6 Å². The number of halogens is 1. The van der Waals surface area contributed by atoms with Crippen molar-refractivity contribution in [2.24, 2.45) is 5.92 Å². The summed E-state index contributed by atoms with van der Waals surface area (Å²) in [5.74, 6) is -3.22. The summed E-state index contributed by atoms with van der Waals surface area (Å²) < 4.78 is 13.6. The van der Waals surface area contributed by atoms with Gasteiger partial charge in [-0.1, -0.05) is 18.2 Å². The molecule has 0 bridgehead atoms. The lowest BCUT2D eigenvalue weighted by molar-refractivity contribution is -0.384. The number of aliphatic carboxylic acids is 1. The highest BCUT2D eigenvalue weighted by molar-refractivity contribution is 5.97. The minimum atomic E-state index is -1.39. The topological polar surface area (TPSA) is 162 Å². The van der Waals surface area contributed by atoms with Gasteiger partial charge in [0.05, 0.1) is 17.4 Å². The number of nitrogens with one attached hydrogen (secondary N) is 2. The second-order valence-corrected chi connectivity index (χ2v) is 8.82. The minimum absolute atomic E-state index is 0.0120. The molecule has 2 aromatic carbocycles. The number of nitro groups is 1. The third-order valence-electron chi connectivity index (χ3n) is 6.13. The lowest BCUT2D eigenvalue weighted by Gasteiger charge is -2.31. The fraction of sp³-hybridized carbons (Fsp3) is 0.333. The quantitative estimate of drug-likeness (QED) is 0.361. The molecule has 12 nitrogen and oxygen atoms in total. The predicted molar refractivity (Wildman–Crippen MR) is 127 cm³/mol. The molecule has 13 heteroatoms. The van der Waals surface area contributed by atoms with Gasteiger partial charge in [0.1, 0.15) is 5.82 Å². The maximum absolute atomic E-state index is 13.6. The number of rotatable bonds is 8. The Hall–Kier alpha value is -4.55. The van der Waals surface area contributed by atoms with E-state index in [1.165, 1.54) is 41.3 Å². The number of benzene rings is 2. The highest BCUT2D eigenvalue weighted by Crippen LogP contribution is 2.33. The minimum Gasteiger partial charge on any atom is -0.481 e. The summed E-state index contributed by atoms with van der Waals surface area (Å²) in [6.45, 7) is 0.0858. The van der Waals surface area contributed by atoms with Crippen molar-refractivity contribution in [3.63, 3.8) is 0 Å². The molecule has 3 N–H and O–H groups in total. The van der Waals surface area contributed by atoms with Crippen LogP contribution in [0.15, 0.2) is 48.5 Å². The van der Waals surface area contributed by atoms with E-state index >= 15 is 0 Å². The number of non-ortho nitro benzene ring substituents is 1. The molecule has 2 fully saturated rings. The Kier molecular flexibility index (Phi) is 7.32. The number of hydrogen-bond acceptors (Lipinski definition) is 6. The smallest absolute Gasteiger partial charge is 0.323 e. The molecule has 1 aliphatic heterocycles. The van der Waals surface area contributed by atoms with Crippen LogP contribution in [0.25, 0.3) is 0 Å². The third kappa shape index (κ3) is 6.00. The average molecular weight is 513 g/mol. The Bertz CT molecular complexity index is 1250. The van der Waals surface area contributed by atoms with Crippen molar-refractivity contribution in [1.29, 1.82) is 0 Å². The van der Waals surface area contributed by atoms with E-state index in [2.05, 4.69) is 10.6 Å². The molecule has 0 spiro atoms. The molecule has 2 aromatic rings. The Morgan fingerprint density at radius 2 is 1.78 bits per heavy atom. The maximum atomic E-state index is 13.6. The maximum Gasteiger partial charge on any atom is 0.323 e. The average Bonchev–Trinajstić information content (AvgIpc) is 3.60. The Labute approximate surface area is 210 Å². The fourth-order valence-electron chi connectivity index (χ4n) is 4.21. The van der Waals surface area contributed by atoms with Crippen LogP contribution in [-0.2, 0) is 14.4 Å². The Balaban J connectivity index is 1.60. The lowest BCUT2D eigenvalue weighted by Crippen LogP contribution is -2.55. The van der Waals surface area contributed by atoms with Gasteiger partial charge in [-0.05, 0) is 36.6 Å². The van der Waals surface area contributed by atoms with E-state index in [9.17, 15) is 38.8 Å². The van der Waals surface area contributed by atoms with E-state index in [4.69, 9.17) is 0 Å². The van der Waals surface area contributed by atoms with Crippen LogP contribution in [0.3, 0.4) is 0 Å². The first-order valence-electron chi connectivity index (χ1n) is 11.5. The molecule has 1 aliphatic carbocycles. The third-order valence-corrected chi connectivity index (χ3v) is 6.13. The lowest BCUT2D eigenvalue weighted by atomic mass is 10.0. The van der Waals surface area contributed by atoms with Crippen molar-refractivity contribution >= 4 is 35.2 Å². The molecule has 1 heterocycles. The number of carboxylic acid groups (broad SMARTS) is 1.